The first-order valence-electron chi connectivity index (χ1n) is 6.37. The standard InChI is InChI=1S/C12H23N5O/c1-12(2,13)11-14-10(18-15-11)8-17-6-5-9(7-17)16(3)4/h9H,5-8,13H2,1-4H3. The lowest BCUT2D eigenvalue weighted by molar-refractivity contribution is 0.237. The van der Waals surface area contributed by atoms with Crippen LogP contribution in [0.3, 0.4) is 0 Å². The van der Waals surface area contributed by atoms with Crippen LogP contribution in [-0.4, -0.2) is 53.2 Å². The van der Waals surface area contributed by atoms with Crippen molar-refractivity contribution in [3.8, 4) is 0 Å². The maximum absolute atomic E-state index is 5.93. The van der Waals surface area contributed by atoms with E-state index in [-0.39, 0.29) is 0 Å². The molecule has 1 fully saturated rings. The summed E-state index contributed by atoms with van der Waals surface area (Å²) in [6, 6.07) is 0.623. The van der Waals surface area contributed by atoms with Crippen LogP contribution in [0.5, 0.6) is 0 Å². The molecule has 2 heterocycles. The van der Waals surface area contributed by atoms with Crippen molar-refractivity contribution in [3.63, 3.8) is 0 Å². The van der Waals surface area contributed by atoms with Crippen molar-refractivity contribution in [2.45, 2.75) is 38.4 Å². The maximum Gasteiger partial charge on any atom is 0.240 e. The zero-order chi connectivity index (χ0) is 13.3. The molecule has 2 rings (SSSR count). The van der Waals surface area contributed by atoms with Gasteiger partial charge in [-0.05, 0) is 34.4 Å². The lowest BCUT2D eigenvalue weighted by Gasteiger charge is -2.19. The summed E-state index contributed by atoms with van der Waals surface area (Å²) in [4.78, 5) is 8.96. The van der Waals surface area contributed by atoms with E-state index in [4.69, 9.17) is 10.3 Å². The Morgan fingerprint density at radius 3 is 2.72 bits per heavy atom. The third kappa shape index (κ3) is 3.07. The van der Waals surface area contributed by atoms with E-state index in [2.05, 4.69) is 34.0 Å². The zero-order valence-electron chi connectivity index (χ0n) is 11.7. The molecule has 0 bridgehead atoms. The molecule has 1 aliphatic rings. The highest BCUT2D eigenvalue weighted by Gasteiger charge is 2.26. The van der Waals surface area contributed by atoms with Gasteiger partial charge in [-0.2, -0.15) is 4.98 Å². The maximum atomic E-state index is 5.93. The summed E-state index contributed by atoms with van der Waals surface area (Å²) in [6.45, 7) is 6.59. The number of aromatic nitrogens is 2. The molecule has 2 N–H and O–H groups in total. The summed E-state index contributed by atoms with van der Waals surface area (Å²) in [5.74, 6) is 1.23. The Bertz CT molecular complexity index is 395. The SMILES string of the molecule is CN(C)C1CCN(Cc2nc(C(C)(C)N)no2)C1. The van der Waals surface area contributed by atoms with E-state index in [0.717, 1.165) is 13.1 Å². The summed E-state index contributed by atoms with van der Waals surface area (Å²) in [7, 11) is 4.24. The first-order valence-corrected chi connectivity index (χ1v) is 6.37. The van der Waals surface area contributed by atoms with Gasteiger partial charge in [-0.1, -0.05) is 5.16 Å². The van der Waals surface area contributed by atoms with E-state index in [1.54, 1.807) is 0 Å². The van der Waals surface area contributed by atoms with Crippen molar-refractivity contribution in [1.29, 1.82) is 0 Å². The number of hydrogen-bond acceptors (Lipinski definition) is 6. The van der Waals surface area contributed by atoms with E-state index in [0.29, 0.717) is 24.3 Å². The molecule has 1 aliphatic heterocycles. The second-order valence-corrected chi connectivity index (χ2v) is 5.87. The minimum Gasteiger partial charge on any atom is -0.338 e. The van der Waals surface area contributed by atoms with Crippen LogP contribution in [0.25, 0.3) is 0 Å². The zero-order valence-corrected chi connectivity index (χ0v) is 11.7. The molecular formula is C12H23N5O. The van der Waals surface area contributed by atoms with Crippen LogP contribution in [0.15, 0.2) is 4.52 Å². The van der Waals surface area contributed by atoms with Gasteiger partial charge >= 0.3 is 0 Å². The van der Waals surface area contributed by atoms with Gasteiger partial charge in [-0.15, -0.1) is 0 Å². The number of hydrogen-bond donors (Lipinski definition) is 1. The fourth-order valence-corrected chi connectivity index (χ4v) is 2.15. The predicted molar refractivity (Wildman–Crippen MR) is 68.9 cm³/mol. The van der Waals surface area contributed by atoms with Crippen LogP contribution in [0, 0.1) is 0 Å². The Labute approximate surface area is 108 Å². The molecule has 1 unspecified atom stereocenters. The molecule has 0 radical (unpaired) electrons. The first kappa shape index (κ1) is 13.5. The highest BCUT2D eigenvalue weighted by Crippen LogP contribution is 2.17. The molecular weight excluding hydrogens is 230 g/mol. The molecule has 1 aromatic heterocycles. The van der Waals surface area contributed by atoms with Crippen LogP contribution < -0.4 is 5.73 Å². The van der Waals surface area contributed by atoms with Gasteiger partial charge in [0.25, 0.3) is 0 Å². The van der Waals surface area contributed by atoms with Gasteiger partial charge in [-0.25, -0.2) is 0 Å². The highest BCUT2D eigenvalue weighted by atomic mass is 16.5. The summed E-state index contributed by atoms with van der Waals surface area (Å²) in [5.41, 5.74) is 5.39. The van der Waals surface area contributed by atoms with E-state index in [9.17, 15) is 0 Å². The summed E-state index contributed by atoms with van der Waals surface area (Å²) >= 11 is 0. The van der Waals surface area contributed by atoms with Gasteiger partial charge in [-0.3, -0.25) is 4.90 Å². The minimum absolute atomic E-state index is 0.543. The third-order valence-electron chi connectivity index (χ3n) is 3.38. The van der Waals surface area contributed by atoms with Gasteiger partial charge in [0.15, 0.2) is 5.82 Å². The average molecular weight is 253 g/mol. The van der Waals surface area contributed by atoms with Crippen LogP contribution in [0.2, 0.25) is 0 Å². The van der Waals surface area contributed by atoms with E-state index in [1.807, 2.05) is 13.8 Å². The van der Waals surface area contributed by atoms with Gasteiger partial charge < -0.3 is 15.2 Å². The largest absolute Gasteiger partial charge is 0.338 e. The second-order valence-electron chi connectivity index (χ2n) is 5.87. The van der Waals surface area contributed by atoms with Crippen molar-refractivity contribution < 1.29 is 4.52 Å². The molecule has 18 heavy (non-hydrogen) atoms. The molecule has 0 amide bonds. The van der Waals surface area contributed by atoms with Crippen molar-refractivity contribution in [1.82, 2.24) is 19.9 Å². The molecule has 6 nitrogen and oxygen atoms in total. The number of likely N-dealkylation sites (tertiary alicyclic amines) is 1. The Morgan fingerprint density at radius 2 is 2.22 bits per heavy atom. The lowest BCUT2D eigenvalue weighted by atomic mass is 10.1. The molecule has 0 aliphatic carbocycles. The number of rotatable bonds is 4. The minimum atomic E-state index is -0.543. The van der Waals surface area contributed by atoms with E-state index in [1.165, 1.54) is 6.42 Å². The molecule has 1 atom stereocenters. The Balaban J connectivity index is 1.93. The van der Waals surface area contributed by atoms with Gasteiger partial charge in [0.05, 0.1) is 12.1 Å². The fraction of sp³-hybridized carbons (Fsp3) is 0.833. The molecule has 1 saturated heterocycles. The van der Waals surface area contributed by atoms with Crippen molar-refractivity contribution in [2.75, 3.05) is 27.2 Å². The van der Waals surface area contributed by atoms with E-state index >= 15 is 0 Å². The first-order chi connectivity index (χ1) is 8.36. The molecule has 0 saturated carbocycles. The third-order valence-corrected chi connectivity index (χ3v) is 3.38. The normalized spacial score (nSPS) is 22.0. The molecule has 0 spiro atoms. The van der Waals surface area contributed by atoms with Crippen LogP contribution in [0.1, 0.15) is 32.0 Å². The number of nitrogens with two attached hydrogens (primary N) is 1. The Morgan fingerprint density at radius 1 is 1.50 bits per heavy atom. The Kier molecular flexibility index (Phi) is 3.70. The average Bonchev–Trinajstić information content (AvgIpc) is 2.85. The van der Waals surface area contributed by atoms with Crippen LogP contribution in [0.4, 0.5) is 0 Å². The summed E-state index contributed by atoms with van der Waals surface area (Å²) < 4.78 is 5.25. The lowest BCUT2D eigenvalue weighted by Crippen LogP contribution is -2.31. The number of likely N-dealkylation sites (N-methyl/N-ethyl adjacent to an activating group) is 1. The van der Waals surface area contributed by atoms with E-state index < -0.39 is 5.54 Å². The second kappa shape index (κ2) is 4.95. The molecule has 102 valence electrons. The Hall–Kier alpha value is -0.980. The summed E-state index contributed by atoms with van der Waals surface area (Å²) in [5, 5.41) is 3.94. The van der Waals surface area contributed by atoms with Crippen LogP contribution in [-0.2, 0) is 12.1 Å². The monoisotopic (exact) mass is 253 g/mol. The molecule has 6 heteroatoms. The van der Waals surface area contributed by atoms with Crippen molar-refractivity contribution in [2.24, 2.45) is 5.73 Å². The van der Waals surface area contributed by atoms with Crippen LogP contribution >= 0.6 is 0 Å². The molecule has 0 aromatic carbocycles. The van der Waals surface area contributed by atoms with Crippen molar-refractivity contribution in [3.05, 3.63) is 11.7 Å². The van der Waals surface area contributed by atoms with Crippen molar-refractivity contribution >= 4 is 0 Å². The molecule has 1 aromatic rings. The van der Waals surface area contributed by atoms with Gasteiger partial charge in [0, 0.05) is 19.1 Å². The topological polar surface area (TPSA) is 71.4 Å². The highest BCUT2D eigenvalue weighted by molar-refractivity contribution is 4.99. The summed E-state index contributed by atoms with van der Waals surface area (Å²) in [6.07, 6.45) is 1.19. The van der Waals surface area contributed by atoms with Gasteiger partial charge in [0.1, 0.15) is 0 Å². The fourth-order valence-electron chi connectivity index (χ4n) is 2.15. The number of nitrogens with zero attached hydrogens (tertiary/aromatic N) is 4. The van der Waals surface area contributed by atoms with Gasteiger partial charge in [0.2, 0.25) is 5.89 Å². The smallest absolute Gasteiger partial charge is 0.240 e. The predicted octanol–water partition coefficient (Wildman–Crippen LogP) is 0.399. The quantitative estimate of drug-likeness (QED) is 0.837.